The van der Waals surface area contributed by atoms with Gasteiger partial charge >= 0.3 is 12.1 Å². The van der Waals surface area contributed by atoms with Crippen LogP contribution in [0, 0.1) is 12.3 Å². The Labute approximate surface area is 221 Å². The highest BCUT2D eigenvalue weighted by molar-refractivity contribution is 5.84. The number of hydrogen-bond donors (Lipinski definition) is 1. The van der Waals surface area contributed by atoms with Crippen LogP contribution in [-0.4, -0.2) is 33.3 Å². The van der Waals surface area contributed by atoms with Crippen molar-refractivity contribution in [3.05, 3.63) is 107 Å². The third-order valence-electron chi connectivity index (χ3n) is 8.55. The summed E-state index contributed by atoms with van der Waals surface area (Å²) in [5.41, 5.74) is 2.57. The van der Waals surface area contributed by atoms with E-state index in [1.807, 2.05) is 86.7 Å². The number of carbonyl (C=O) groups is 2. The van der Waals surface area contributed by atoms with Crippen molar-refractivity contribution < 1.29 is 24.0 Å². The van der Waals surface area contributed by atoms with Gasteiger partial charge in [0, 0.05) is 5.56 Å². The molecule has 1 unspecified atom stereocenters. The van der Waals surface area contributed by atoms with Crippen LogP contribution in [0.5, 0.6) is 0 Å². The van der Waals surface area contributed by atoms with Gasteiger partial charge in [-0.15, -0.1) is 0 Å². The zero-order valence-electron chi connectivity index (χ0n) is 21.5. The van der Waals surface area contributed by atoms with Gasteiger partial charge in [0.05, 0.1) is 29.1 Å². The van der Waals surface area contributed by atoms with E-state index in [-0.39, 0.29) is 18.7 Å². The second-order valence-corrected chi connectivity index (χ2v) is 10.6. The van der Waals surface area contributed by atoms with Gasteiger partial charge in [0.15, 0.2) is 5.76 Å². The lowest BCUT2D eigenvalue weighted by Gasteiger charge is -2.37. The minimum absolute atomic E-state index is 0.219. The van der Waals surface area contributed by atoms with Gasteiger partial charge in [0.1, 0.15) is 6.10 Å². The Morgan fingerprint density at radius 3 is 2.39 bits per heavy atom. The summed E-state index contributed by atoms with van der Waals surface area (Å²) in [4.78, 5) is 27.4. The number of allylic oxidation sites excluding steroid dienone is 4. The number of amides is 1. The van der Waals surface area contributed by atoms with Gasteiger partial charge in [0.2, 0.25) is 0 Å². The van der Waals surface area contributed by atoms with Crippen molar-refractivity contribution in [2.45, 2.75) is 57.2 Å². The fourth-order valence-corrected chi connectivity index (χ4v) is 6.10. The summed E-state index contributed by atoms with van der Waals surface area (Å²) >= 11 is 0. The predicted octanol–water partition coefficient (Wildman–Crippen LogP) is 6.21. The fraction of sp³-hybridized carbons (Fsp3) is 0.323. The summed E-state index contributed by atoms with van der Waals surface area (Å²) in [6.07, 6.45) is 6.88. The Bertz CT molecular complexity index is 1440. The van der Waals surface area contributed by atoms with Gasteiger partial charge < -0.3 is 14.4 Å². The van der Waals surface area contributed by atoms with E-state index in [0.29, 0.717) is 30.7 Å². The highest BCUT2D eigenvalue weighted by Crippen LogP contribution is 2.64. The Balaban J connectivity index is 1.37. The number of aliphatic carboxylic acids is 1. The van der Waals surface area contributed by atoms with E-state index in [4.69, 9.17) is 9.26 Å². The molecular formula is C31H30N2O5. The Hall–Kier alpha value is -4.13. The van der Waals surface area contributed by atoms with E-state index < -0.39 is 22.9 Å². The second-order valence-electron chi connectivity index (χ2n) is 10.6. The zero-order valence-corrected chi connectivity index (χ0v) is 21.5. The molecule has 3 aliphatic rings. The number of cyclic esters (lactones) is 1. The maximum Gasteiger partial charge on any atom is 0.411 e. The van der Waals surface area contributed by atoms with Crippen LogP contribution in [-0.2, 0) is 21.5 Å². The molecule has 0 spiro atoms. The zero-order chi connectivity index (χ0) is 26.5. The number of ether oxygens (including phenoxy) is 1. The largest absolute Gasteiger partial charge is 0.481 e. The monoisotopic (exact) mass is 510 g/mol. The van der Waals surface area contributed by atoms with E-state index in [1.165, 1.54) is 0 Å². The molecule has 1 aromatic heterocycles. The molecule has 1 amide bonds. The smallest absolute Gasteiger partial charge is 0.411 e. The topological polar surface area (TPSA) is 92.9 Å². The van der Waals surface area contributed by atoms with E-state index in [0.717, 1.165) is 22.3 Å². The minimum atomic E-state index is -0.980. The summed E-state index contributed by atoms with van der Waals surface area (Å²) in [6.45, 7) is 4.04. The van der Waals surface area contributed by atoms with Gasteiger partial charge in [0.25, 0.3) is 0 Å². The molecule has 0 bridgehead atoms. The van der Waals surface area contributed by atoms with Gasteiger partial charge in [-0.2, -0.15) is 0 Å². The number of carbonyl (C=O) groups excluding carboxylic acids is 1. The number of benzene rings is 2. The first kappa shape index (κ1) is 24.2. The standard InChI is InChI=1S/C31H30N2O5/c1-20-25(19-33-21(2)26(37-29(33)36)24-11-7-4-8-12-24)27(38-32-20)30(31(17-18-31)28(34)35)15-13-23(14-16-30)22-9-5-3-6-10-22/h3-15,21,26H,16-19H2,1-2H3,(H,34,35)/t21-,26-,30?/m1/s1. The molecule has 1 aliphatic heterocycles. The first-order valence-corrected chi connectivity index (χ1v) is 13.0. The van der Waals surface area contributed by atoms with Crippen LogP contribution in [0.2, 0.25) is 0 Å². The summed E-state index contributed by atoms with van der Waals surface area (Å²) < 4.78 is 11.7. The van der Waals surface area contributed by atoms with E-state index in [1.54, 1.807) is 4.90 Å². The summed E-state index contributed by atoms with van der Waals surface area (Å²) in [5, 5.41) is 14.7. The van der Waals surface area contributed by atoms with Crippen molar-refractivity contribution in [1.29, 1.82) is 0 Å². The van der Waals surface area contributed by atoms with Crippen LogP contribution in [0.3, 0.4) is 0 Å². The second kappa shape index (κ2) is 9.01. The Morgan fingerprint density at radius 1 is 1.11 bits per heavy atom. The van der Waals surface area contributed by atoms with Crippen LogP contribution in [0.1, 0.15) is 60.4 Å². The molecule has 7 heteroatoms. The van der Waals surface area contributed by atoms with E-state index in [9.17, 15) is 14.7 Å². The summed E-state index contributed by atoms with van der Waals surface area (Å²) in [6, 6.07) is 19.5. The molecule has 3 aromatic rings. The number of aromatic nitrogens is 1. The van der Waals surface area contributed by atoms with Crippen molar-refractivity contribution in [2.75, 3.05) is 0 Å². The predicted molar refractivity (Wildman–Crippen MR) is 141 cm³/mol. The molecule has 2 fully saturated rings. The van der Waals surface area contributed by atoms with Crippen molar-refractivity contribution in [2.24, 2.45) is 5.41 Å². The number of carboxylic acid groups (broad SMARTS) is 1. The number of carboxylic acids is 1. The molecule has 6 rings (SSSR count). The molecule has 2 heterocycles. The Morgan fingerprint density at radius 2 is 1.79 bits per heavy atom. The van der Waals surface area contributed by atoms with Crippen molar-refractivity contribution in [3.8, 4) is 0 Å². The quantitative estimate of drug-likeness (QED) is 0.406. The molecule has 38 heavy (non-hydrogen) atoms. The SMILES string of the molecule is Cc1noc(C2(C3(C(=O)O)CC3)C=CC(c3ccccc3)=CC2)c1CN1C(=O)O[C@@H](c2ccccc2)[C@H]1C. The summed E-state index contributed by atoms with van der Waals surface area (Å²) in [7, 11) is 0. The van der Waals surface area contributed by atoms with Crippen LogP contribution < -0.4 is 0 Å². The van der Waals surface area contributed by atoms with Gasteiger partial charge in [-0.1, -0.05) is 84.0 Å². The minimum Gasteiger partial charge on any atom is -0.481 e. The third kappa shape index (κ3) is 3.68. The number of nitrogens with zero attached hydrogens (tertiary/aromatic N) is 2. The first-order valence-electron chi connectivity index (χ1n) is 13.0. The van der Waals surface area contributed by atoms with Gasteiger partial charge in [-0.05, 0) is 49.8 Å². The van der Waals surface area contributed by atoms with E-state index >= 15 is 0 Å². The van der Waals surface area contributed by atoms with Gasteiger partial charge in [-0.25, -0.2) is 4.79 Å². The number of rotatable bonds is 7. The number of hydrogen-bond acceptors (Lipinski definition) is 5. The first-order chi connectivity index (χ1) is 18.4. The molecule has 7 nitrogen and oxygen atoms in total. The van der Waals surface area contributed by atoms with Crippen LogP contribution in [0.15, 0.2) is 83.4 Å². The number of aryl methyl sites for hydroxylation is 1. The third-order valence-corrected chi connectivity index (χ3v) is 8.55. The highest BCUT2D eigenvalue weighted by atomic mass is 16.6. The molecule has 2 aromatic carbocycles. The normalized spacial score (nSPS) is 25.7. The molecule has 2 aliphatic carbocycles. The van der Waals surface area contributed by atoms with Crippen molar-refractivity contribution in [3.63, 3.8) is 0 Å². The van der Waals surface area contributed by atoms with E-state index in [2.05, 4.69) is 11.2 Å². The average molecular weight is 511 g/mol. The molecule has 1 N–H and O–H groups in total. The Kier molecular flexibility index (Phi) is 5.74. The molecule has 194 valence electrons. The fourth-order valence-electron chi connectivity index (χ4n) is 6.10. The lowest BCUT2D eigenvalue weighted by Crippen LogP contribution is -2.42. The molecule has 0 radical (unpaired) electrons. The maximum atomic E-state index is 13.0. The van der Waals surface area contributed by atoms with Gasteiger partial charge in [-0.3, -0.25) is 9.69 Å². The molecule has 1 saturated heterocycles. The molecule has 1 saturated carbocycles. The average Bonchev–Trinajstić information content (AvgIpc) is 3.63. The van der Waals surface area contributed by atoms with Crippen LogP contribution in [0.4, 0.5) is 4.79 Å². The highest BCUT2D eigenvalue weighted by Gasteiger charge is 2.66. The molecular weight excluding hydrogens is 480 g/mol. The molecule has 3 atom stereocenters. The van der Waals surface area contributed by atoms with Crippen LogP contribution in [0.25, 0.3) is 5.57 Å². The lowest BCUT2D eigenvalue weighted by molar-refractivity contribution is -0.146. The maximum absolute atomic E-state index is 13.0. The van der Waals surface area contributed by atoms with Crippen molar-refractivity contribution in [1.82, 2.24) is 10.1 Å². The summed E-state index contributed by atoms with van der Waals surface area (Å²) in [5.74, 6) is -0.311. The lowest BCUT2D eigenvalue weighted by atomic mass is 9.64. The van der Waals surface area contributed by atoms with Crippen molar-refractivity contribution >= 4 is 17.6 Å². The van der Waals surface area contributed by atoms with Crippen LogP contribution >= 0.6 is 0 Å².